The zero-order valence-corrected chi connectivity index (χ0v) is 9.29. The summed E-state index contributed by atoms with van der Waals surface area (Å²) >= 11 is 0. The minimum atomic E-state index is -4.92. The Kier molecular flexibility index (Phi) is 4.90. The van der Waals surface area contributed by atoms with Gasteiger partial charge in [-0.3, -0.25) is 4.79 Å². The van der Waals surface area contributed by atoms with Crippen LogP contribution in [0, 0.1) is 0 Å². The lowest BCUT2D eigenvalue weighted by molar-refractivity contribution is -0.167. The Hall–Kier alpha value is -1.83. The molecule has 1 rings (SSSR count). The first-order valence-corrected chi connectivity index (χ1v) is 5.12. The highest BCUT2D eigenvalue weighted by molar-refractivity contribution is 5.94. The van der Waals surface area contributed by atoms with Crippen molar-refractivity contribution in [2.75, 3.05) is 23.8 Å². The summed E-state index contributed by atoms with van der Waals surface area (Å²) in [6.45, 7) is 0.532. The third-order valence-corrected chi connectivity index (χ3v) is 1.92. The fourth-order valence-electron chi connectivity index (χ4n) is 1.07. The Morgan fingerprint density at radius 1 is 1.39 bits per heavy atom. The van der Waals surface area contributed by atoms with Crippen LogP contribution >= 0.6 is 0 Å². The first kappa shape index (κ1) is 14.2. The van der Waals surface area contributed by atoms with Crippen LogP contribution in [-0.4, -0.2) is 35.3 Å². The van der Waals surface area contributed by atoms with E-state index in [2.05, 4.69) is 10.3 Å². The van der Waals surface area contributed by atoms with E-state index in [1.807, 2.05) is 0 Å². The van der Waals surface area contributed by atoms with Gasteiger partial charge in [-0.15, -0.1) is 0 Å². The van der Waals surface area contributed by atoms with Crippen molar-refractivity contribution in [3.63, 3.8) is 0 Å². The number of hydrogen-bond acceptors (Lipinski definition) is 4. The molecule has 0 saturated heterocycles. The number of hydrogen-bond donors (Lipinski definition) is 3. The second-order valence-corrected chi connectivity index (χ2v) is 3.39. The summed E-state index contributed by atoms with van der Waals surface area (Å²) in [5.74, 6) is -1.58. The van der Waals surface area contributed by atoms with Crippen LogP contribution in [0.3, 0.4) is 0 Å². The van der Waals surface area contributed by atoms with Crippen molar-refractivity contribution < 1.29 is 23.1 Å². The van der Waals surface area contributed by atoms with Crippen LogP contribution in [0.4, 0.5) is 24.7 Å². The highest BCUT2D eigenvalue weighted by atomic mass is 19.4. The average Bonchev–Trinajstić information content (AvgIpc) is 2.30. The van der Waals surface area contributed by atoms with Gasteiger partial charge in [0.1, 0.15) is 5.82 Å². The maximum atomic E-state index is 12.0. The highest BCUT2D eigenvalue weighted by Crippen LogP contribution is 2.18. The zero-order chi connectivity index (χ0) is 13.6. The number of carbonyl (C=O) groups excluding carboxylic acids is 1. The minimum absolute atomic E-state index is 0.0344. The van der Waals surface area contributed by atoms with Crippen molar-refractivity contribution >= 4 is 17.4 Å². The molecular formula is C10H12F3N3O2. The number of carbonyl (C=O) groups is 1. The number of aliphatic hydroxyl groups excluding tert-OH is 1. The number of halogens is 3. The molecular weight excluding hydrogens is 251 g/mol. The molecule has 18 heavy (non-hydrogen) atoms. The van der Waals surface area contributed by atoms with Gasteiger partial charge < -0.3 is 15.7 Å². The molecule has 0 saturated carbocycles. The molecule has 0 spiro atoms. The molecule has 0 unspecified atom stereocenters. The van der Waals surface area contributed by atoms with E-state index in [1.165, 1.54) is 12.1 Å². The molecule has 0 bridgehead atoms. The first-order chi connectivity index (χ1) is 8.43. The van der Waals surface area contributed by atoms with Gasteiger partial charge in [0.05, 0.1) is 11.9 Å². The molecule has 1 aromatic rings. The Bertz CT molecular complexity index is 392. The summed E-state index contributed by atoms with van der Waals surface area (Å²) in [7, 11) is 0. The summed E-state index contributed by atoms with van der Waals surface area (Å²) in [4.78, 5) is 14.4. The summed E-state index contributed by atoms with van der Waals surface area (Å²) < 4.78 is 35.9. The van der Waals surface area contributed by atoms with E-state index < -0.39 is 12.1 Å². The van der Waals surface area contributed by atoms with Gasteiger partial charge in [0.2, 0.25) is 0 Å². The lowest BCUT2D eigenvalue weighted by Crippen LogP contribution is -2.29. The first-order valence-electron chi connectivity index (χ1n) is 5.12. The minimum Gasteiger partial charge on any atom is -0.396 e. The summed E-state index contributed by atoms with van der Waals surface area (Å²) in [6.07, 6.45) is -3.27. The van der Waals surface area contributed by atoms with Crippen molar-refractivity contribution in [2.24, 2.45) is 0 Å². The van der Waals surface area contributed by atoms with Crippen LogP contribution in [0.15, 0.2) is 18.3 Å². The average molecular weight is 263 g/mol. The monoisotopic (exact) mass is 263 g/mol. The normalized spacial score (nSPS) is 11.1. The molecule has 1 aromatic heterocycles. The maximum absolute atomic E-state index is 12.0. The van der Waals surface area contributed by atoms with E-state index >= 15 is 0 Å². The number of aromatic nitrogens is 1. The molecule has 0 aliphatic rings. The third kappa shape index (κ3) is 4.58. The van der Waals surface area contributed by atoms with Crippen LogP contribution in [0.1, 0.15) is 6.42 Å². The molecule has 0 radical (unpaired) electrons. The molecule has 0 atom stereocenters. The molecule has 0 aliphatic carbocycles. The molecule has 8 heteroatoms. The van der Waals surface area contributed by atoms with Crippen molar-refractivity contribution in [3.8, 4) is 0 Å². The molecule has 1 amide bonds. The standard InChI is InChI=1S/C10H12F3N3O2/c11-10(12,13)9(18)16-7-2-3-8(15-6-7)14-4-1-5-17/h2-3,6,17H,1,4-5H2,(H,14,15)(H,16,18). The van der Waals surface area contributed by atoms with Gasteiger partial charge in [-0.25, -0.2) is 4.98 Å². The van der Waals surface area contributed by atoms with Gasteiger partial charge in [0.15, 0.2) is 0 Å². The number of anilines is 2. The van der Waals surface area contributed by atoms with E-state index in [-0.39, 0.29) is 12.3 Å². The number of amides is 1. The largest absolute Gasteiger partial charge is 0.471 e. The van der Waals surface area contributed by atoms with E-state index in [1.54, 1.807) is 5.32 Å². The van der Waals surface area contributed by atoms with Crippen LogP contribution in [0.5, 0.6) is 0 Å². The van der Waals surface area contributed by atoms with E-state index in [9.17, 15) is 18.0 Å². The second-order valence-electron chi connectivity index (χ2n) is 3.39. The van der Waals surface area contributed by atoms with Gasteiger partial charge in [-0.05, 0) is 18.6 Å². The number of aliphatic hydroxyl groups is 1. The topological polar surface area (TPSA) is 74.2 Å². The van der Waals surface area contributed by atoms with Crippen LogP contribution < -0.4 is 10.6 Å². The summed E-state index contributed by atoms with van der Waals surface area (Å²) in [5.41, 5.74) is -0.0370. The predicted octanol–water partition coefficient (Wildman–Crippen LogP) is 1.38. The van der Waals surface area contributed by atoms with Gasteiger partial charge in [-0.1, -0.05) is 0 Å². The van der Waals surface area contributed by atoms with E-state index in [0.717, 1.165) is 6.20 Å². The number of alkyl halides is 3. The van der Waals surface area contributed by atoms with E-state index in [4.69, 9.17) is 5.11 Å². The second kappa shape index (κ2) is 6.20. The van der Waals surface area contributed by atoms with Gasteiger partial charge in [0.25, 0.3) is 0 Å². The Balaban J connectivity index is 2.53. The van der Waals surface area contributed by atoms with Crippen molar-refractivity contribution in [2.45, 2.75) is 12.6 Å². The molecule has 0 fully saturated rings. The third-order valence-electron chi connectivity index (χ3n) is 1.92. The number of rotatable bonds is 5. The van der Waals surface area contributed by atoms with E-state index in [0.29, 0.717) is 18.8 Å². The Morgan fingerprint density at radius 2 is 2.11 bits per heavy atom. The van der Waals surface area contributed by atoms with Gasteiger partial charge in [0, 0.05) is 13.2 Å². The van der Waals surface area contributed by atoms with Gasteiger partial charge >= 0.3 is 12.1 Å². The lowest BCUT2D eigenvalue weighted by Gasteiger charge is -2.08. The highest BCUT2D eigenvalue weighted by Gasteiger charge is 2.38. The Morgan fingerprint density at radius 3 is 2.61 bits per heavy atom. The van der Waals surface area contributed by atoms with Crippen LogP contribution in [0.25, 0.3) is 0 Å². The van der Waals surface area contributed by atoms with Crippen LogP contribution in [0.2, 0.25) is 0 Å². The van der Waals surface area contributed by atoms with Crippen molar-refractivity contribution in [1.82, 2.24) is 4.98 Å². The quantitative estimate of drug-likeness (QED) is 0.701. The summed E-state index contributed by atoms with van der Waals surface area (Å²) in [5, 5.41) is 13.1. The fourth-order valence-corrected chi connectivity index (χ4v) is 1.07. The maximum Gasteiger partial charge on any atom is 0.471 e. The molecule has 1 heterocycles. The SMILES string of the molecule is O=C(Nc1ccc(NCCCO)nc1)C(F)(F)F. The smallest absolute Gasteiger partial charge is 0.396 e. The predicted molar refractivity (Wildman–Crippen MR) is 59.1 cm³/mol. The van der Waals surface area contributed by atoms with Crippen molar-refractivity contribution in [3.05, 3.63) is 18.3 Å². The molecule has 0 aromatic carbocycles. The molecule has 5 nitrogen and oxygen atoms in total. The van der Waals surface area contributed by atoms with Gasteiger partial charge in [-0.2, -0.15) is 13.2 Å². The van der Waals surface area contributed by atoms with Crippen LogP contribution in [-0.2, 0) is 4.79 Å². The number of pyridine rings is 1. The lowest BCUT2D eigenvalue weighted by atomic mass is 10.3. The Labute approximate surface area is 101 Å². The zero-order valence-electron chi connectivity index (χ0n) is 9.29. The number of nitrogens with zero attached hydrogens (tertiary/aromatic N) is 1. The van der Waals surface area contributed by atoms with Crippen molar-refractivity contribution in [1.29, 1.82) is 0 Å². The number of nitrogens with one attached hydrogen (secondary N) is 2. The molecule has 100 valence electrons. The fraction of sp³-hybridized carbons (Fsp3) is 0.400. The summed E-state index contributed by atoms with van der Waals surface area (Å²) in [6, 6.07) is 2.74. The molecule has 0 aliphatic heterocycles. The molecule has 3 N–H and O–H groups in total.